The zero-order valence-electron chi connectivity index (χ0n) is 7.50. The average Bonchev–Trinajstić information content (AvgIpc) is 2.63. The van der Waals surface area contributed by atoms with Crippen LogP contribution in [0.1, 0.15) is 22.8 Å². The average molecular weight is 173 g/mol. The minimum absolute atomic E-state index is 0.821. The van der Waals surface area contributed by atoms with Crippen LogP contribution in [0.15, 0.2) is 24.4 Å². The number of aryl methyl sites for hydroxylation is 1. The highest BCUT2D eigenvalue weighted by Crippen LogP contribution is 2.20. The molecule has 1 N–H and O–H groups in total. The fourth-order valence-electron chi connectivity index (χ4n) is 1.65. The largest absolute Gasteiger partial charge is 0.361 e. The van der Waals surface area contributed by atoms with Crippen molar-refractivity contribution in [3.8, 4) is 0 Å². The Morgan fingerprint density at radius 1 is 1.38 bits per heavy atom. The van der Waals surface area contributed by atoms with Crippen molar-refractivity contribution in [3.05, 3.63) is 35.5 Å². The summed E-state index contributed by atoms with van der Waals surface area (Å²) in [4.78, 5) is 14.0. The van der Waals surface area contributed by atoms with E-state index < -0.39 is 0 Å². The van der Waals surface area contributed by atoms with Crippen LogP contribution in [0.25, 0.3) is 10.9 Å². The van der Waals surface area contributed by atoms with Gasteiger partial charge >= 0.3 is 0 Å². The van der Waals surface area contributed by atoms with Gasteiger partial charge in [0.1, 0.15) is 0 Å². The quantitative estimate of drug-likeness (QED) is 0.695. The highest BCUT2D eigenvalue weighted by Gasteiger charge is 2.05. The lowest BCUT2D eigenvalue weighted by Gasteiger charge is -2.01. The van der Waals surface area contributed by atoms with Crippen molar-refractivity contribution in [2.24, 2.45) is 0 Å². The van der Waals surface area contributed by atoms with Gasteiger partial charge in [-0.3, -0.25) is 4.79 Å². The molecule has 2 heteroatoms. The first kappa shape index (κ1) is 8.05. The number of hydrogen-bond donors (Lipinski definition) is 1. The maximum absolute atomic E-state index is 10.9. The molecule has 2 aromatic rings. The lowest BCUT2D eigenvalue weighted by molar-refractivity contribution is 0.112. The number of carbonyl (C=O) groups excluding carboxylic acids is 1. The number of carbonyl (C=O) groups is 1. The van der Waals surface area contributed by atoms with Crippen molar-refractivity contribution in [2.45, 2.75) is 13.3 Å². The summed E-state index contributed by atoms with van der Waals surface area (Å²) in [6.07, 6.45) is 3.70. The van der Waals surface area contributed by atoms with Gasteiger partial charge in [0.2, 0.25) is 0 Å². The molecule has 1 aromatic heterocycles. The molecule has 0 saturated carbocycles. The van der Waals surface area contributed by atoms with Crippen LogP contribution in [0.5, 0.6) is 0 Å². The Hall–Kier alpha value is -1.57. The van der Waals surface area contributed by atoms with Crippen LogP contribution < -0.4 is 0 Å². The van der Waals surface area contributed by atoms with E-state index in [4.69, 9.17) is 0 Å². The molecule has 0 saturated heterocycles. The second-order valence-corrected chi connectivity index (χ2v) is 3.05. The van der Waals surface area contributed by atoms with Gasteiger partial charge in [0.05, 0.1) is 0 Å². The molecule has 13 heavy (non-hydrogen) atoms. The van der Waals surface area contributed by atoms with Crippen LogP contribution in [-0.2, 0) is 6.42 Å². The number of aromatic amines is 1. The number of H-pyrrole nitrogens is 1. The van der Waals surface area contributed by atoms with Gasteiger partial charge in [0.25, 0.3) is 0 Å². The topological polar surface area (TPSA) is 32.9 Å². The maximum Gasteiger partial charge on any atom is 0.151 e. The Balaban J connectivity index is 2.81. The zero-order chi connectivity index (χ0) is 9.26. The molecule has 0 radical (unpaired) electrons. The molecule has 1 heterocycles. The van der Waals surface area contributed by atoms with Gasteiger partial charge in [0, 0.05) is 22.7 Å². The van der Waals surface area contributed by atoms with Crippen LogP contribution in [0, 0.1) is 0 Å². The highest BCUT2D eigenvalue weighted by molar-refractivity contribution is 5.98. The van der Waals surface area contributed by atoms with Crippen LogP contribution >= 0.6 is 0 Å². The predicted octanol–water partition coefficient (Wildman–Crippen LogP) is 2.54. The summed E-state index contributed by atoms with van der Waals surface area (Å²) < 4.78 is 0. The maximum atomic E-state index is 10.9. The van der Waals surface area contributed by atoms with Crippen LogP contribution in [0.3, 0.4) is 0 Å². The van der Waals surface area contributed by atoms with Gasteiger partial charge in [-0.1, -0.05) is 13.0 Å². The van der Waals surface area contributed by atoms with Crippen molar-refractivity contribution in [3.63, 3.8) is 0 Å². The molecule has 0 atom stereocenters. The Kier molecular flexibility index (Phi) is 1.89. The van der Waals surface area contributed by atoms with Gasteiger partial charge in [-0.15, -0.1) is 0 Å². The SMILES string of the molecule is CCc1ccc2[nH]ccc2c1C=O. The van der Waals surface area contributed by atoms with E-state index in [0.717, 1.165) is 34.7 Å². The minimum Gasteiger partial charge on any atom is -0.361 e. The second kappa shape index (κ2) is 3.05. The normalized spacial score (nSPS) is 10.5. The van der Waals surface area contributed by atoms with Gasteiger partial charge < -0.3 is 4.98 Å². The summed E-state index contributed by atoms with van der Waals surface area (Å²) in [7, 11) is 0. The van der Waals surface area contributed by atoms with Gasteiger partial charge in [-0.25, -0.2) is 0 Å². The first-order chi connectivity index (χ1) is 6.36. The van der Waals surface area contributed by atoms with Crippen LogP contribution in [0.2, 0.25) is 0 Å². The standard InChI is InChI=1S/C11H11NO/c1-2-8-3-4-11-9(5-6-12-11)10(8)7-13/h3-7,12H,2H2,1H3. The van der Waals surface area contributed by atoms with E-state index >= 15 is 0 Å². The van der Waals surface area contributed by atoms with Crippen molar-refractivity contribution in [1.82, 2.24) is 4.98 Å². The summed E-state index contributed by atoms with van der Waals surface area (Å²) in [5, 5.41) is 1.02. The molecule has 66 valence electrons. The van der Waals surface area contributed by atoms with Gasteiger partial charge in [-0.2, -0.15) is 0 Å². The first-order valence-electron chi connectivity index (χ1n) is 4.41. The Bertz CT molecular complexity index is 442. The molecule has 2 nitrogen and oxygen atoms in total. The molecule has 0 spiro atoms. The van der Waals surface area contributed by atoms with E-state index in [1.54, 1.807) is 0 Å². The van der Waals surface area contributed by atoms with Crippen molar-refractivity contribution in [2.75, 3.05) is 0 Å². The van der Waals surface area contributed by atoms with E-state index in [1.807, 2.05) is 24.4 Å². The van der Waals surface area contributed by atoms with E-state index in [-0.39, 0.29) is 0 Å². The molecular formula is C11H11NO. The molecule has 2 rings (SSSR count). The van der Waals surface area contributed by atoms with Gasteiger partial charge in [0.15, 0.2) is 6.29 Å². The smallest absolute Gasteiger partial charge is 0.151 e. The highest BCUT2D eigenvalue weighted by atomic mass is 16.1. The summed E-state index contributed by atoms with van der Waals surface area (Å²) in [6.45, 7) is 2.06. The van der Waals surface area contributed by atoms with E-state index in [1.165, 1.54) is 0 Å². The van der Waals surface area contributed by atoms with E-state index in [9.17, 15) is 4.79 Å². The van der Waals surface area contributed by atoms with Crippen molar-refractivity contribution < 1.29 is 4.79 Å². The summed E-state index contributed by atoms with van der Waals surface area (Å²) in [5.74, 6) is 0. The molecule has 0 aliphatic rings. The molecule has 1 aromatic carbocycles. The molecule has 0 unspecified atom stereocenters. The molecule has 0 amide bonds. The molecular weight excluding hydrogens is 162 g/mol. The first-order valence-corrected chi connectivity index (χ1v) is 4.41. The summed E-state index contributed by atoms with van der Waals surface area (Å²) in [5.41, 5.74) is 2.96. The minimum atomic E-state index is 0.821. The third kappa shape index (κ3) is 1.15. The number of rotatable bonds is 2. The number of nitrogens with one attached hydrogen (secondary N) is 1. The van der Waals surface area contributed by atoms with Crippen molar-refractivity contribution >= 4 is 17.2 Å². The number of fused-ring (bicyclic) bond motifs is 1. The summed E-state index contributed by atoms with van der Waals surface area (Å²) >= 11 is 0. The molecule has 0 fully saturated rings. The molecule has 0 bridgehead atoms. The fraction of sp³-hybridized carbons (Fsp3) is 0.182. The third-order valence-corrected chi connectivity index (χ3v) is 2.37. The third-order valence-electron chi connectivity index (χ3n) is 2.37. The van der Waals surface area contributed by atoms with Gasteiger partial charge in [-0.05, 0) is 24.1 Å². The molecule has 0 aliphatic heterocycles. The Morgan fingerprint density at radius 2 is 2.23 bits per heavy atom. The monoisotopic (exact) mass is 173 g/mol. The number of benzene rings is 1. The zero-order valence-corrected chi connectivity index (χ0v) is 7.50. The predicted molar refractivity (Wildman–Crippen MR) is 53.1 cm³/mol. The van der Waals surface area contributed by atoms with Crippen LogP contribution in [-0.4, -0.2) is 11.3 Å². The number of hydrogen-bond acceptors (Lipinski definition) is 1. The van der Waals surface area contributed by atoms with E-state index in [2.05, 4.69) is 11.9 Å². The van der Waals surface area contributed by atoms with Crippen LogP contribution in [0.4, 0.5) is 0 Å². The molecule has 0 aliphatic carbocycles. The lowest BCUT2D eigenvalue weighted by atomic mass is 10.0. The number of aromatic nitrogens is 1. The Labute approximate surface area is 76.6 Å². The summed E-state index contributed by atoms with van der Waals surface area (Å²) in [6, 6.07) is 5.96. The second-order valence-electron chi connectivity index (χ2n) is 3.05. The fourth-order valence-corrected chi connectivity index (χ4v) is 1.65. The lowest BCUT2D eigenvalue weighted by Crippen LogP contribution is -1.90. The number of aldehydes is 1. The van der Waals surface area contributed by atoms with Crippen molar-refractivity contribution in [1.29, 1.82) is 0 Å². The van der Waals surface area contributed by atoms with E-state index in [0.29, 0.717) is 0 Å². The Morgan fingerprint density at radius 3 is 2.92 bits per heavy atom.